The van der Waals surface area contributed by atoms with Gasteiger partial charge in [-0.1, -0.05) is 85.5 Å². The van der Waals surface area contributed by atoms with Gasteiger partial charge in [0.2, 0.25) is 0 Å². The molecule has 8 atom stereocenters. The zero-order valence-electron chi connectivity index (χ0n) is 17.8. The van der Waals surface area contributed by atoms with Gasteiger partial charge in [-0.3, -0.25) is 0 Å². The van der Waals surface area contributed by atoms with Crippen molar-refractivity contribution in [3.63, 3.8) is 0 Å². The highest BCUT2D eigenvalue weighted by molar-refractivity contribution is 4.98. The fourth-order valence-corrected chi connectivity index (χ4v) is 7.72. The number of hydrogen-bond donors (Lipinski definition) is 0. The molecule has 0 aromatic carbocycles. The quantitative estimate of drug-likeness (QED) is 0.450. The Hall–Kier alpha value is 0. The molecule has 0 saturated heterocycles. The Balaban J connectivity index is 0.000000569. The first-order chi connectivity index (χ1) is 12.2. The van der Waals surface area contributed by atoms with Crippen LogP contribution in [0.5, 0.6) is 0 Å². The molecule has 0 heterocycles. The lowest BCUT2D eigenvalue weighted by Crippen LogP contribution is -2.48. The van der Waals surface area contributed by atoms with Gasteiger partial charge in [-0.2, -0.15) is 0 Å². The Kier molecular flexibility index (Phi) is 7.33. The van der Waals surface area contributed by atoms with Crippen molar-refractivity contribution in [1.82, 2.24) is 0 Å². The SMILES string of the molecule is CC1CCC2CCCCC2C1C1C(C)CCC2CCCCC21.CCC. The van der Waals surface area contributed by atoms with E-state index in [0.29, 0.717) is 0 Å². The highest BCUT2D eigenvalue weighted by Crippen LogP contribution is 2.57. The van der Waals surface area contributed by atoms with Gasteiger partial charge >= 0.3 is 0 Å². The van der Waals surface area contributed by atoms with Crippen molar-refractivity contribution in [2.45, 2.75) is 111 Å². The van der Waals surface area contributed by atoms with Crippen LogP contribution in [0.15, 0.2) is 0 Å². The van der Waals surface area contributed by atoms with Crippen LogP contribution in [0.1, 0.15) is 111 Å². The minimum absolute atomic E-state index is 1.02. The fourth-order valence-electron chi connectivity index (χ4n) is 7.72. The number of rotatable bonds is 1. The molecule has 0 aromatic rings. The zero-order chi connectivity index (χ0) is 17.8. The predicted octanol–water partition coefficient (Wildman–Crippen LogP) is 8.11. The van der Waals surface area contributed by atoms with Crippen LogP contribution in [0, 0.1) is 47.3 Å². The van der Waals surface area contributed by atoms with Gasteiger partial charge in [0, 0.05) is 0 Å². The normalized spacial score (nSPS) is 47.0. The smallest absolute Gasteiger partial charge is 0.0324 e. The zero-order valence-corrected chi connectivity index (χ0v) is 17.8. The molecule has 4 rings (SSSR count). The minimum atomic E-state index is 1.02. The Labute approximate surface area is 158 Å². The van der Waals surface area contributed by atoms with E-state index in [4.69, 9.17) is 0 Å². The highest BCUT2D eigenvalue weighted by atomic mass is 14.5. The topological polar surface area (TPSA) is 0 Å². The van der Waals surface area contributed by atoms with E-state index in [9.17, 15) is 0 Å². The van der Waals surface area contributed by atoms with Crippen molar-refractivity contribution < 1.29 is 0 Å². The van der Waals surface area contributed by atoms with Crippen molar-refractivity contribution >= 4 is 0 Å². The van der Waals surface area contributed by atoms with Crippen molar-refractivity contribution in [1.29, 1.82) is 0 Å². The molecule has 0 radical (unpaired) electrons. The standard InChI is InChI=1S/C22H38.C3H8/c1-15-11-13-17-7-3-5-9-19(17)21(15)22-16(2)12-14-18-8-4-6-10-20(18)22;1-3-2/h15-22H,3-14H2,1-2H3;3H2,1-2H3. The predicted molar refractivity (Wildman–Crippen MR) is 111 cm³/mol. The average molecular weight is 347 g/mol. The molecular formula is C25H46. The van der Waals surface area contributed by atoms with E-state index >= 15 is 0 Å². The van der Waals surface area contributed by atoms with Gasteiger partial charge < -0.3 is 0 Å². The second kappa shape index (κ2) is 9.27. The van der Waals surface area contributed by atoms with Crippen LogP contribution < -0.4 is 0 Å². The summed E-state index contributed by atoms with van der Waals surface area (Å²) in [7, 11) is 0. The Bertz CT molecular complexity index is 349. The molecule has 8 unspecified atom stereocenters. The Morgan fingerprint density at radius 1 is 0.520 bits per heavy atom. The van der Waals surface area contributed by atoms with E-state index in [1.54, 1.807) is 64.2 Å². The van der Waals surface area contributed by atoms with Gasteiger partial charge in [-0.25, -0.2) is 0 Å². The third-order valence-electron chi connectivity index (χ3n) is 8.67. The van der Waals surface area contributed by atoms with E-state index in [1.165, 1.54) is 19.3 Å². The molecule has 0 aliphatic heterocycles. The van der Waals surface area contributed by atoms with Crippen molar-refractivity contribution in [2.75, 3.05) is 0 Å². The lowest BCUT2D eigenvalue weighted by atomic mass is 9.50. The van der Waals surface area contributed by atoms with Crippen LogP contribution in [-0.4, -0.2) is 0 Å². The molecule has 0 bridgehead atoms. The fraction of sp³-hybridized carbons (Fsp3) is 1.00. The monoisotopic (exact) mass is 346 g/mol. The molecule has 0 spiro atoms. The van der Waals surface area contributed by atoms with Gasteiger partial charge in [0.15, 0.2) is 0 Å². The number of hydrogen-bond acceptors (Lipinski definition) is 0. The largest absolute Gasteiger partial charge is 0.0656 e. The molecule has 0 heteroatoms. The summed E-state index contributed by atoms with van der Waals surface area (Å²) in [6, 6.07) is 0. The summed E-state index contributed by atoms with van der Waals surface area (Å²) < 4.78 is 0. The third-order valence-corrected chi connectivity index (χ3v) is 8.67. The molecule has 4 saturated carbocycles. The van der Waals surface area contributed by atoms with Crippen molar-refractivity contribution in [3.8, 4) is 0 Å². The van der Waals surface area contributed by atoms with Crippen molar-refractivity contribution in [2.24, 2.45) is 47.3 Å². The van der Waals surface area contributed by atoms with Crippen LogP contribution in [0.25, 0.3) is 0 Å². The minimum Gasteiger partial charge on any atom is -0.0656 e. The first-order valence-corrected chi connectivity index (χ1v) is 12.2. The first-order valence-electron chi connectivity index (χ1n) is 12.2. The molecule has 0 amide bonds. The van der Waals surface area contributed by atoms with Gasteiger partial charge in [-0.05, 0) is 73.0 Å². The first kappa shape index (κ1) is 19.8. The molecule has 4 aliphatic carbocycles. The molecule has 4 aliphatic rings. The van der Waals surface area contributed by atoms with Crippen LogP contribution in [-0.2, 0) is 0 Å². The van der Waals surface area contributed by atoms with Gasteiger partial charge in [0.25, 0.3) is 0 Å². The summed E-state index contributed by atoms with van der Waals surface area (Å²) >= 11 is 0. The maximum absolute atomic E-state index is 2.63. The van der Waals surface area contributed by atoms with Gasteiger partial charge in [0.05, 0.1) is 0 Å². The maximum Gasteiger partial charge on any atom is -0.0324 e. The van der Waals surface area contributed by atoms with E-state index in [-0.39, 0.29) is 0 Å². The van der Waals surface area contributed by atoms with Gasteiger partial charge in [0.1, 0.15) is 0 Å². The lowest BCUT2D eigenvalue weighted by Gasteiger charge is -2.55. The molecule has 25 heavy (non-hydrogen) atoms. The highest BCUT2D eigenvalue weighted by Gasteiger charge is 2.49. The van der Waals surface area contributed by atoms with E-state index in [0.717, 1.165) is 47.3 Å². The second-order valence-electron chi connectivity index (χ2n) is 10.4. The summed E-state index contributed by atoms with van der Waals surface area (Å²) in [6.07, 6.45) is 19.9. The molecular weight excluding hydrogens is 300 g/mol. The Morgan fingerprint density at radius 3 is 1.28 bits per heavy atom. The molecule has 146 valence electrons. The molecule has 4 fully saturated rings. The summed E-state index contributed by atoms with van der Waals surface area (Å²) in [5.41, 5.74) is 0. The van der Waals surface area contributed by atoms with Gasteiger partial charge in [-0.15, -0.1) is 0 Å². The van der Waals surface area contributed by atoms with Crippen LogP contribution in [0.2, 0.25) is 0 Å². The summed E-state index contributed by atoms with van der Waals surface area (Å²) in [5.74, 6) is 8.70. The molecule has 0 N–H and O–H groups in total. The maximum atomic E-state index is 2.63. The van der Waals surface area contributed by atoms with Crippen molar-refractivity contribution in [3.05, 3.63) is 0 Å². The van der Waals surface area contributed by atoms with E-state index < -0.39 is 0 Å². The summed E-state index contributed by atoms with van der Waals surface area (Å²) in [4.78, 5) is 0. The molecule has 0 aromatic heterocycles. The second-order valence-corrected chi connectivity index (χ2v) is 10.4. The lowest BCUT2D eigenvalue weighted by molar-refractivity contribution is -0.0603. The summed E-state index contributed by atoms with van der Waals surface area (Å²) in [5, 5.41) is 0. The average Bonchev–Trinajstić information content (AvgIpc) is 2.63. The van der Waals surface area contributed by atoms with Crippen LogP contribution in [0.3, 0.4) is 0 Å². The van der Waals surface area contributed by atoms with E-state index in [2.05, 4.69) is 27.7 Å². The third kappa shape index (κ3) is 4.30. The summed E-state index contributed by atoms with van der Waals surface area (Å²) in [6.45, 7) is 9.52. The Morgan fingerprint density at radius 2 is 0.880 bits per heavy atom. The molecule has 0 nitrogen and oxygen atoms in total. The number of fused-ring (bicyclic) bond motifs is 2. The van der Waals surface area contributed by atoms with E-state index in [1.807, 2.05) is 0 Å². The van der Waals surface area contributed by atoms with Crippen LogP contribution >= 0.6 is 0 Å². The van der Waals surface area contributed by atoms with Crippen LogP contribution in [0.4, 0.5) is 0 Å².